The second kappa shape index (κ2) is 6.47. The van der Waals surface area contributed by atoms with Crippen molar-refractivity contribution in [3.05, 3.63) is 0 Å². The van der Waals surface area contributed by atoms with Crippen LogP contribution in [-0.2, 0) is 9.53 Å². The fourth-order valence-electron chi connectivity index (χ4n) is 2.53. The maximum atomic E-state index is 11.9. The summed E-state index contributed by atoms with van der Waals surface area (Å²) < 4.78 is 5.27. The van der Waals surface area contributed by atoms with Crippen LogP contribution in [0.4, 0.5) is 0 Å². The lowest BCUT2D eigenvalue weighted by molar-refractivity contribution is -0.127. The van der Waals surface area contributed by atoms with Gasteiger partial charge >= 0.3 is 0 Å². The number of morpholine rings is 1. The zero-order valence-electron chi connectivity index (χ0n) is 11.0. The van der Waals surface area contributed by atoms with E-state index in [9.17, 15) is 9.90 Å². The minimum absolute atomic E-state index is 0.0277. The van der Waals surface area contributed by atoms with Crippen LogP contribution in [-0.4, -0.2) is 86.4 Å². The molecule has 2 aliphatic heterocycles. The van der Waals surface area contributed by atoms with Gasteiger partial charge in [0.15, 0.2) is 0 Å². The van der Waals surface area contributed by atoms with Crippen LogP contribution >= 0.6 is 0 Å². The fraction of sp³-hybridized carbons (Fsp3) is 0.917. The molecule has 0 aromatic rings. The number of nitrogens with one attached hydrogen (secondary N) is 1. The molecule has 2 unspecified atom stereocenters. The van der Waals surface area contributed by atoms with Gasteiger partial charge in [0, 0.05) is 39.3 Å². The first kappa shape index (κ1) is 13.7. The Morgan fingerprint density at radius 2 is 2.11 bits per heavy atom. The zero-order valence-corrected chi connectivity index (χ0v) is 11.0. The van der Waals surface area contributed by atoms with E-state index >= 15 is 0 Å². The molecule has 0 aromatic heterocycles. The van der Waals surface area contributed by atoms with Crippen LogP contribution in [0.2, 0.25) is 0 Å². The molecule has 0 bridgehead atoms. The first-order chi connectivity index (χ1) is 8.66. The number of aliphatic hydroxyl groups excluding tert-OH is 1. The molecule has 6 nitrogen and oxygen atoms in total. The van der Waals surface area contributed by atoms with Gasteiger partial charge in [-0.15, -0.1) is 0 Å². The van der Waals surface area contributed by atoms with Gasteiger partial charge in [-0.25, -0.2) is 0 Å². The van der Waals surface area contributed by atoms with Gasteiger partial charge in [-0.3, -0.25) is 9.69 Å². The predicted octanol–water partition coefficient (Wildman–Crippen LogP) is -1.64. The summed E-state index contributed by atoms with van der Waals surface area (Å²) in [5.41, 5.74) is 0. The van der Waals surface area contributed by atoms with E-state index in [0.717, 1.165) is 32.8 Å². The van der Waals surface area contributed by atoms with E-state index in [4.69, 9.17) is 4.74 Å². The predicted molar refractivity (Wildman–Crippen MR) is 67.3 cm³/mol. The van der Waals surface area contributed by atoms with Crippen LogP contribution in [0.1, 0.15) is 0 Å². The van der Waals surface area contributed by atoms with Gasteiger partial charge in [0.05, 0.1) is 25.2 Å². The molecule has 2 rings (SSSR count). The number of carbonyl (C=O) groups excluding carboxylic acids is 1. The Kier molecular flexibility index (Phi) is 4.94. The van der Waals surface area contributed by atoms with Crippen molar-refractivity contribution in [2.45, 2.75) is 6.10 Å². The highest BCUT2D eigenvalue weighted by molar-refractivity contribution is 5.79. The van der Waals surface area contributed by atoms with Crippen molar-refractivity contribution in [1.82, 2.24) is 15.1 Å². The Balaban J connectivity index is 1.65. The van der Waals surface area contributed by atoms with Crippen molar-refractivity contribution >= 4 is 5.91 Å². The number of aliphatic hydroxyl groups is 1. The summed E-state index contributed by atoms with van der Waals surface area (Å²) in [6, 6.07) is 0. The van der Waals surface area contributed by atoms with Gasteiger partial charge in [0.2, 0.25) is 5.91 Å². The lowest BCUT2D eigenvalue weighted by Gasteiger charge is -2.26. The molecule has 2 atom stereocenters. The number of carbonyl (C=O) groups is 1. The van der Waals surface area contributed by atoms with Crippen molar-refractivity contribution in [2.75, 3.05) is 59.5 Å². The molecular formula is C12H23N3O3. The molecule has 0 saturated carbocycles. The molecule has 2 N–H and O–H groups in total. The van der Waals surface area contributed by atoms with Gasteiger partial charge < -0.3 is 20.1 Å². The summed E-state index contributed by atoms with van der Waals surface area (Å²) in [6.45, 7) is 6.15. The van der Waals surface area contributed by atoms with Crippen LogP contribution in [0.25, 0.3) is 0 Å². The van der Waals surface area contributed by atoms with E-state index in [-0.39, 0.29) is 11.8 Å². The molecule has 2 saturated heterocycles. The van der Waals surface area contributed by atoms with Crippen LogP contribution in [0.15, 0.2) is 0 Å². The van der Waals surface area contributed by atoms with Gasteiger partial charge in [-0.05, 0) is 7.05 Å². The number of amides is 1. The second-order valence-corrected chi connectivity index (χ2v) is 5.14. The Labute approximate surface area is 108 Å². The molecule has 2 aliphatic rings. The summed E-state index contributed by atoms with van der Waals surface area (Å²) >= 11 is 0. The minimum Gasteiger partial charge on any atom is -0.391 e. The van der Waals surface area contributed by atoms with E-state index in [1.165, 1.54) is 0 Å². The zero-order chi connectivity index (χ0) is 13.0. The Morgan fingerprint density at radius 1 is 1.39 bits per heavy atom. The minimum atomic E-state index is -0.529. The summed E-state index contributed by atoms with van der Waals surface area (Å²) in [5.74, 6) is -0.306. The Morgan fingerprint density at radius 3 is 2.72 bits per heavy atom. The molecule has 0 radical (unpaired) electrons. The first-order valence-corrected chi connectivity index (χ1v) is 6.61. The second-order valence-electron chi connectivity index (χ2n) is 5.14. The fourth-order valence-corrected chi connectivity index (χ4v) is 2.53. The van der Waals surface area contributed by atoms with Crippen molar-refractivity contribution in [2.24, 2.45) is 5.92 Å². The van der Waals surface area contributed by atoms with E-state index in [0.29, 0.717) is 19.6 Å². The van der Waals surface area contributed by atoms with E-state index in [2.05, 4.69) is 10.2 Å². The van der Waals surface area contributed by atoms with Crippen molar-refractivity contribution < 1.29 is 14.6 Å². The molecule has 104 valence electrons. The highest BCUT2D eigenvalue weighted by Crippen LogP contribution is 2.15. The standard InChI is InChI=1S/C12H23N3O3/c1-14-8-10(11(16)9-14)12(17)13-2-3-15-4-6-18-7-5-15/h10-11,16H,2-9H2,1H3,(H,13,17). The van der Waals surface area contributed by atoms with Crippen molar-refractivity contribution in [1.29, 1.82) is 0 Å². The summed E-state index contributed by atoms with van der Waals surface area (Å²) in [4.78, 5) is 16.2. The topological polar surface area (TPSA) is 65.0 Å². The normalized spacial score (nSPS) is 30.6. The molecule has 2 heterocycles. The maximum absolute atomic E-state index is 11.9. The molecule has 6 heteroatoms. The van der Waals surface area contributed by atoms with E-state index < -0.39 is 6.10 Å². The van der Waals surface area contributed by atoms with Crippen LogP contribution in [0.3, 0.4) is 0 Å². The van der Waals surface area contributed by atoms with Crippen molar-refractivity contribution in [3.63, 3.8) is 0 Å². The molecule has 0 spiro atoms. The maximum Gasteiger partial charge on any atom is 0.227 e. The molecule has 0 aliphatic carbocycles. The van der Waals surface area contributed by atoms with E-state index in [1.54, 1.807) is 0 Å². The van der Waals surface area contributed by atoms with Gasteiger partial charge in [-0.1, -0.05) is 0 Å². The molecule has 2 fully saturated rings. The van der Waals surface area contributed by atoms with Gasteiger partial charge in [0.1, 0.15) is 0 Å². The lowest BCUT2D eigenvalue weighted by Crippen LogP contribution is -2.44. The molecule has 18 heavy (non-hydrogen) atoms. The Bertz CT molecular complexity index is 282. The smallest absolute Gasteiger partial charge is 0.227 e. The number of β-amino-alcohol motifs (C(OH)–C–C–N with tert-alkyl or cyclic N) is 1. The lowest BCUT2D eigenvalue weighted by atomic mass is 10.1. The highest BCUT2D eigenvalue weighted by atomic mass is 16.5. The summed E-state index contributed by atoms with van der Waals surface area (Å²) in [7, 11) is 1.92. The third kappa shape index (κ3) is 3.65. The third-order valence-corrected chi connectivity index (χ3v) is 3.64. The molecule has 0 aromatic carbocycles. The number of likely N-dealkylation sites (N-methyl/N-ethyl adjacent to an activating group) is 1. The number of rotatable bonds is 4. The number of likely N-dealkylation sites (tertiary alicyclic amines) is 1. The SMILES string of the molecule is CN1CC(O)C(C(=O)NCCN2CCOCC2)C1. The number of hydrogen-bond acceptors (Lipinski definition) is 5. The Hall–Kier alpha value is -0.690. The monoisotopic (exact) mass is 257 g/mol. The molecule has 1 amide bonds. The van der Waals surface area contributed by atoms with Gasteiger partial charge in [0.25, 0.3) is 0 Å². The van der Waals surface area contributed by atoms with Crippen LogP contribution in [0, 0.1) is 5.92 Å². The average molecular weight is 257 g/mol. The third-order valence-electron chi connectivity index (χ3n) is 3.64. The van der Waals surface area contributed by atoms with Crippen LogP contribution in [0.5, 0.6) is 0 Å². The van der Waals surface area contributed by atoms with Crippen molar-refractivity contribution in [3.8, 4) is 0 Å². The average Bonchev–Trinajstić information content (AvgIpc) is 2.70. The highest BCUT2D eigenvalue weighted by Gasteiger charge is 2.34. The van der Waals surface area contributed by atoms with E-state index in [1.807, 2.05) is 11.9 Å². The summed E-state index contributed by atoms with van der Waals surface area (Å²) in [6.07, 6.45) is -0.529. The largest absolute Gasteiger partial charge is 0.391 e. The van der Waals surface area contributed by atoms with Gasteiger partial charge in [-0.2, -0.15) is 0 Å². The number of nitrogens with zero attached hydrogens (tertiary/aromatic N) is 2. The van der Waals surface area contributed by atoms with Crippen LogP contribution < -0.4 is 5.32 Å². The first-order valence-electron chi connectivity index (χ1n) is 6.61. The number of hydrogen-bond donors (Lipinski definition) is 2. The number of ether oxygens (including phenoxy) is 1. The quantitative estimate of drug-likeness (QED) is 0.632. The summed E-state index contributed by atoms with van der Waals surface area (Å²) in [5, 5.41) is 12.7. The molecular weight excluding hydrogens is 234 g/mol.